The smallest absolute Gasteiger partial charge is 0.164 e. The van der Waals surface area contributed by atoms with Gasteiger partial charge in [0, 0.05) is 42.8 Å². The molecule has 51 heavy (non-hydrogen) atoms. The van der Waals surface area contributed by atoms with Crippen molar-refractivity contribution in [2.45, 2.75) is 12.3 Å². The number of benzene rings is 7. The summed E-state index contributed by atoms with van der Waals surface area (Å²) in [4.78, 5) is 14.9. The molecule has 1 aliphatic rings. The average Bonchev–Trinajstić information content (AvgIpc) is 3.58. The van der Waals surface area contributed by atoms with E-state index >= 15 is 0 Å². The number of rotatable bonds is 5. The second-order valence-corrected chi connectivity index (χ2v) is 14.3. The molecule has 4 heteroatoms. The summed E-state index contributed by atoms with van der Waals surface area (Å²) in [6.07, 6.45) is 0.985. The maximum atomic E-state index is 5.00. The minimum atomic E-state index is 0.340. The summed E-state index contributed by atoms with van der Waals surface area (Å²) >= 11 is 1.83. The molecular formula is C47H31N3S. The van der Waals surface area contributed by atoms with Gasteiger partial charge in [-0.2, -0.15) is 0 Å². The second kappa shape index (κ2) is 12.3. The molecule has 0 fully saturated rings. The van der Waals surface area contributed by atoms with Gasteiger partial charge in [-0.15, -0.1) is 11.3 Å². The topological polar surface area (TPSA) is 38.7 Å². The fourth-order valence-electron chi connectivity index (χ4n) is 7.60. The standard InChI is InChI=1S/C47H31N3S/c1-4-12-30(13-5-1)40-29-36-26-33(20-23-37(36)38-18-10-11-19-39(38)40)34-21-24-43-41(27-34)42-28-35(22-25-44(42)51-43)47-49-45(31-14-6-2-7-15-31)48-46(50-47)32-16-8-3-9-17-32/h1-28,40H,29H2. The molecule has 2 heterocycles. The summed E-state index contributed by atoms with van der Waals surface area (Å²) in [5, 5.41) is 2.47. The van der Waals surface area contributed by atoms with Crippen molar-refractivity contribution >= 4 is 31.5 Å². The molecule has 0 saturated carbocycles. The van der Waals surface area contributed by atoms with Crippen LogP contribution < -0.4 is 0 Å². The Bertz CT molecular complexity index is 2660. The van der Waals surface area contributed by atoms with Crippen LogP contribution in [0.2, 0.25) is 0 Å². The van der Waals surface area contributed by atoms with Crippen LogP contribution in [0.1, 0.15) is 22.6 Å². The molecule has 0 saturated heterocycles. The molecule has 0 amide bonds. The molecule has 0 spiro atoms. The van der Waals surface area contributed by atoms with Crippen molar-refractivity contribution in [3.05, 3.63) is 187 Å². The molecule has 2 aromatic heterocycles. The first kappa shape index (κ1) is 29.7. The minimum absolute atomic E-state index is 0.340. The Kier molecular flexibility index (Phi) is 7.14. The molecule has 9 aromatic rings. The monoisotopic (exact) mass is 669 g/mol. The number of aromatic nitrogens is 3. The maximum Gasteiger partial charge on any atom is 0.164 e. The highest BCUT2D eigenvalue weighted by Gasteiger charge is 2.26. The zero-order valence-electron chi connectivity index (χ0n) is 27.7. The lowest BCUT2D eigenvalue weighted by molar-refractivity contribution is 0.794. The van der Waals surface area contributed by atoms with Crippen molar-refractivity contribution in [1.82, 2.24) is 15.0 Å². The molecule has 240 valence electrons. The molecule has 3 nitrogen and oxygen atoms in total. The molecule has 0 radical (unpaired) electrons. The number of hydrogen-bond donors (Lipinski definition) is 0. The van der Waals surface area contributed by atoms with Gasteiger partial charge in [0.05, 0.1) is 0 Å². The van der Waals surface area contributed by atoms with E-state index in [0.717, 1.165) is 23.1 Å². The Morgan fingerprint density at radius 1 is 0.412 bits per heavy atom. The van der Waals surface area contributed by atoms with Gasteiger partial charge in [-0.25, -0.2) is 15.0 Å². The van der Waals surface area contributed by atoms with E-state index in [1.807, 2.05) is 72.0 Å². The van der Waals surface area contributed by atoms with E-state index in [1.54, 1.807) is 0 Å². The maximum absolute atomic E-state index is 5.00. The van der Waals surface area contributed by atoms with E-state index in [0.29, 0.717) is 23.4 Å². The van der Waals surface area contributed by atoms with Crippen molar-refractivity contribution in [1.29, 1.82) is 0 Å². The lowest BCUT2D eigenvalue weighted by atomic mass is 9.75. The SMILES string of the molecule is c1ccc(-c2nc(-c3ccccc3)nc(-c3ccc4sc5ccc(-c6ccc7c(c6)CC(c6ccccc6)c6ccccc6-7)cc5c4c3)n2)cc1. The second-order valence-electron chi connectivity index (χ2n) is 13.2. The highest BCUT2D eigenvalue weighted by Crippen LogP contribution is 2.44. The van der Waals surface area contributed by atoms with Gasteiger partial charge in [-0.3, -0.25) is 0 Å². The van der Waals surface area contributed by atoms with Crippen molar-refractivity contribution in [2.75, 3.05) is 0 Å². The summed E-state index contributed by atoms with van der Waals surface area (Å²) in [6, 6.07) is 60.7. The Hall–Kier alpha value is -6.23. The predicted octanol–water partition coefficient (Wildman–Crippen LogP) is 12.3. The molecule has 0 N–H and O–H groups in total. The van der Waals surface area contributed by atoms with Crippen molar-refractivity contribution in [3.8, 4) is 56.4 Å². The lowest BCUT2D eigenvalue weighted by Gasteiger charge is -2.29. The quantitative estimate of drug-likeness (QED) is 0.183. The van der Waals surface area contributed by atoms with Crippen LogP contribution in [0.25, 0.3) is 76.6 Å². The van der Waals surface area contributed by atoms with Crippen LogP contribution in [0.5, 0.6) is 0 Å². The predicted molar refractivity (Wildman–Crippen MR) is 212 cm³/mol. The first-order chi connectivity index (χ1) is 25.2. The third-order valence-corrected chi connectivity index (χ3v) is 11.3. The fraction of sp³-hybridized carbons (Fsp3) is 0.0426. The summed E-state index contributed by atoms with van der Waals surface area (Å²) in [7, 11) is 0. The zero-order chi connectivity index (χ0) is 33.7. The molecule has 10 rings (SSSR count). The van der Waals surface area contributed by atoms with Gasteiger partial charge in [-0.05, 0) is 75.7 Å². The van der Waals surface area contributed by atoms with E-state index in [-0.39, 0.29) is 0 Å². The van der Waals surface area contributed by atoms with Crippen molar-refractivity contribution in [3.63, 3.8) is 0 Å². The van der Waals surface area contributed by atoms with Gasteiger partial charge in [0.15, 0.2) is 17.5 Å². The van der Waals surface area contributed by atoms with Crippen LogP contribution >= 0.6 is 11.3 Å². The van der Waals surface area contributed by atoms with E-state index in [9.17, 15) is 0 Å². The largest absolute Gasteiger partial charge is 0.208 e. The highest BCUT2D eigenvalue weighted by molar-refractivity contribution is 7.25. The number of thiophene rings is 1. The van der Waals surface area contributed by atoms with Gasteiger partial charge >= 0.3 is 0 Å². The molecule has 7 aromatic carbocycles. The fourth-order valence-corrected chi connectivity index (χ4v) is 8.66. The molecule has 0 aliphatic heterocycles. The normalized spacial score (nSPS) is 13.6. The van der Waals surface area contributed by atoms with Crippen LogP contribution in [0.15, 0.2) is 170 Å². The van der Waals surface area contributed by atoms with Gasteiger partial charge in [0.2, 0.25) is 0 Å². The van der Waals surface area contributed by atoms with E-state index in [1.165, 1.54) is 59.1 Å². The minimum Gasteiger partial charge on any atom is -0.208 e. The Labute approximate surface area is 300 Å². The zero-order valence-corrected chi connectivity index (χ0v) is 28.5. The number of fused-ring (bicyclic) bond motifs is 6. The van der Waals surface area contributed by atoms with E-state index < -0.39 is 0 Å². The van der Waals surface area contributed by atoms with Crippen LogP contribution in [0.4, 0.5) is 0 Å². The summed E-state index contributed by atoms with van der Waals surface area (Å²) in [5.74, 6) is 2.35. The average molecular weight is 670 g/mol. The van der Waals surface area contributed by atoms with E-state index in [2.05, 4.69) is 109 Å². The van der Waals surface area contributed by atoms with Crippen LogP contribution in [0.3, 0.4) is 0 Å². The van der Waals surface area contributed by atoms with Crippen LogP contribution in [0, 0.1) is 0 Å². The Balaban J connectivity index is 1.07. The highest BCUT2D eigenvalue weighted by atomic mass is 32.1. The van der Waals surface area contributed by atoms with Crippen LogP contribution in [-0.2, 0) is 6.42 Å². The third-order valence-electron chi connectivity index (χ3n) is 10.1. The van der Waals surface area contributed by atoms with Gasteiger partial charge in [-0.1, -0.05) is 140 Å². The Morgan fingerprint density at radius 2 is 0.922 bits per heavy atom. The van der Waals surface area contributed by atoms with Crippen molar-refractivity contribution in [2.24, 2.45) is 0 Å². The van der Waals surface area contributed by atoms with Crippen LogP contribution in [-0.4, -0.2) is 15.0 Å². The van der Waals surface area contributed by atoms with Gasteiger partial charge in [0.1, 0.15) is 0 Å². The summed E-state index contributed by atoms with van der Waals surface area (Å²) < 4.78 is 2.52. The third kappa shape index (κ3) is 5.32. The molecular weight excluding hydrogens is 639 g/mol. The van der Waals surface area contributed by atoms with E-state index in [4.69, 9.17) is 15.0 Å². The van der Waals surface area contributed by atoms with Gasteiger partial charge < -0.3 is 0 Å². The Morgan fingerprint density at radius 3 is 1.59 bits per heavy atom. The van der Waals surface area contributed by atoms with Crippen molar-refractivity contribution < 1.29 is 0 Å². The summed E-state index contributed by atoms with van der Waals surface area (Å²) in [6.45, 7) is 0. The summed E-state index contributed by atoms with van der Waals surface area (Å²) in [5.41, 5.74) is 12.2. The first-order valence-electron chi connectivity index (χ1n) is 17.4. The first-order valence-corrected chi connectivity index (χ1v) is 18.2. The van der Waals surface area contributed by atoms with Gasteiger partial charge in [0.25, 0.3) is 0 Å². The number of nitrogens with zero attached hydrogens (tertiary/aromatic N) is 3. The molecule has 1 atom stereocenters. The molecule has 1 unspecified atom stereocenters. The number of hydrogen-bond acceptors (Lipinski definition) is 4. The molecule has 1 aliphatic carbocycles. The lowest BCUT2D eigenvalue weighted by Crippen LogP contribution is -2.12. The molecule has 0 bridgehead atoms.